The van der Waals surface area contributed by atoms with Crippen LogP contribution >= 0.6 is 0 Å². The van der Waals surface area contributed by atoms with Crippen LogP contribution in [0.15, 0.2) is 36.4 Å². The Bertz CT molecular complexity index is 965. The molecule has 1 amide bonds. The summed E-state index contributed by atoms with van der Waals surface area (Å²) >= 11 is 0. The van der Waals surface area contributed by atoms with Crippen molar-refractivity contribution in [2.75, 3.05) is 17.2 Å². The second-order valence-electron chi connectivity index (χ2n) is 5.64. The summed E-state index contributed by atoms with van der Waals surface area (Å²) in [5.74, 6) is -1.74. The molecule has 2 N–H and O–H groups in total. The molecular weight excluding hydrogens is 404 g/mol. The fraction of sp³-hybridized carbons (Fsp3) is 0.188. The largest absolute Gasteiger partial charge is 0.416 e. The van der Waals surface area contributed by atoms with E-state index in [4.69, 9.17) is 0 Å². The van der Waals surface area contributed by atoms with E-state index in [2.05, 4.69) is 10.6 Å². The van der Waals surface area contributed by atoms with Gasteiger partial charge in [-0.15, -0.1) is 0 Å². The standard InChI is InChI=1S/C16H12F4N4O5/c17-11-3-2-10(8-13(11)23(26)27)22-15(25)5-6-21-12-4-1-9(16(18,19)20)7-14(12)24(28)29/h1-4,7-8,21H,5-6H2,(H,22,25). The molecule has 0 radical (unpaired) electrons. The highest BCUT2D eigenvalue weighted by Gasteiger charge is 2.33. The number of nitro benzene ring substituents is 2. The van der Waals surface area contributed by atoms with E-state index in [1.807, 2.05) is 0 Å². The molecule has 13 heteroatoms. The minimum atomic E-state index is -4.75. The normalized spacial score (nSPS) is 11.0. The Balaban J connectivity index is 2.01. The van der Waals surface area contributed by atoms with Crippen molar-refractivity contribution in [3.63, 3.8) is 0 Å². The molecule has 0 spiro atoms. The van der Waals surface area contributed by atoms with Crippen LogP contribution in [0, 0.1) is 26.0 Å². The molecule has 29 heavy (non-hydrogen) atoms. The van der Waals surface area contributed by atoms with E-state index >= 15 is 0 Å². The maximum atomic E-state index is 13.3. The number of amides is 1. The Hall–Kier alpha value is -3.77. The number of alkyl halides is 3. The van der Waals surface area contributed by atoms with Crippen molar-refractivity contribution in [1.29, 1.82) is 0 Å². The number of hydrogen-bond donors (Lipinski definition) is 2. The van der Waals surface area contributed by atoms with Crippen LogP contribution in [0.2, 0.25) is 0 Å². The Morgan fingerprint density at radius 1 is 1.00 bits per heavy atom. The summed E-state index contributed by atoms with van der Waals surface area (Å²) in [4.78, 5) is 31.6. The highest BCUT2D eigenvalue weighted by molar-refractivity contribution is 5.91. The molecule has 0 aliphatic carbocycles. The first-order valence-corrected chi connectivity index (χ1v) is 7.82. The molecule has 0 aromatic heterocycles. The third-order valence-electron chi connectivity index (χ3n) is 3.62. The van der Waals surface area contributed by atoms with Gasteiger partial charge in [0, 0.05) is 30.8 Å². The van der Waals surface area contributed by atoms with Crippen LogP contribution in [-0.4, -0.2) is 22.3 Å². The molecule has 0 fully saturated rings. The van der Waals surface area contributed by atoms with Crippen LogP contribution in [-0.2, 0) is 11.0 Å². The molecule has 2 aromatic carbocycles. The molecule has 154 valence electrons. The number of halogens is 4. The average Bonchev–Trinajstić information content (AvgIpc) is 2.62. The Morgan fingerprint density at radius 3 is 2.24 bits per heavy atom. The van der Waals surface area contributed by atoms with Gasteiger partial charge in [0.2, 0.25) is 11.7 Å². The number of carbonyl (C=O) groups is 1. The van der Waals surface area contributed by atoms with E-state index in [-0.39, 0.29) is 24.3 Å². The van der Waals surface area contributed by atoms with Crippen LogP contribution in [0.25, 0.3) is 0 Å². The quantitative estimate of drug-likeness (QED) is 0.397. The first-order valence-electron chi connectivity index (χ1n) is 7.82. The van der Waals surface area contributed by atoms with Crippen LogP contribution in [0.1, 0.15) is 12.0 Å². The fourth-order valence-corrected chi connectivity index (χ4v) is 2.27. The number of carbonyl (C=O) groups excluding carboxylic acids is 1. The highest BCUT2D eigenvalue weighted by Crippen LogP contribution is 2.34. The first kappa shape index (κ1) is 21.5. The number of nitrogens with one attached hydrogen (secondary N) is 2. The van der Waals surface area contributed by atoms with Crippen LogP contribution < -0.4 is 10.6 Å². The van der Waals surface area contributed by atoms with Crippen molar-refractivity contribution in [1.82, 2.24) is 0 Å². The second-order valence-corrected chi connectivity index (χ2v) is 5.64. The van der Waals surface area contributed by atoms with Crippen molar-refractivity contribution in [2.45, 2.75) is 12.6 Å². The summed E-state index contributed by atoms with van der Waals surface area (Å²) in [7, 11) is 0. The van der Waals surface area contributed by atoms with Gasteiger partial charge in [0.05, 0.1) is 15.4 Å². The van der Waals surface area contributed by atoms with Crippen molar-refractivity contribution < 1.29 is 32.2 Å². The lowest BCUT2D eigenvalue weighted by Gasteiger charge is -2.11. The molecule has 0 aliphatic rings. The van der Waals surface area contributed by atoms with Crippen LogP contribution in [0.4, 0.5) is 40.3 Å². The lowest BCUT2D eigenvalue weighted by molar-refractivity contribution is -0.387. The fourth-order valence-electron chi connectivity index (χ4n) is 2.27. The average molecular weight is 416 g/mol. The molecule has 2 rings (SSSR count). The van der Waals surface area contributed by atoms with Gasteiger partial charge in [-0.2, -0.15) is 17.6 Å². The molecule has 0 bridgehead atoms. The van der Waals surface area contributed by atoms with Gasteiger partial charge in [-0.25, -0.2) is 0 Å². The molecule has 0 aliphatic heterocycles. The number of rotatable bonds is 7. The smallest absolute Gasteiger partial charge is 0.379 e. The van der Waals surface area contributed by atoms with Crippen molar-refractivity contribution >= 4 is 28.7 Å². The molecular formula is C16H12F4N4O5. The van der Waals surface area contributed by atoms with E-state index < -0.39 is 44.7 Å². The zero-order valence-electron chi connectivity index (χ0n) is 14.3. The van der Waals surface area contributed by atoms with Gasteiger partial charge in [0.15, 0.2) is 0 Å². The monoisotopic (exact) mass is 416 g/mol. The SMILES string of the molecule is O=C(CCNc1ccc(C(F)(F)F)cc1[N+](=O)[O-])Nc1ccc(F)c([N+](=O)[O-])c1. The first-order chi connectivity index (χ1) is 13.5. The molecule has 0 heterocycles. The van der Waals surface area contributed by atoms with Crippen LogP contribution in [0.5, 0.6) is 0 Å². The van der Waals surface area contributed by atoms with Gasteiger partial charge in [0.1, 0.15) is 5.69 Å². The summed E-state index contributed by atoms with van der Waals surface area (Å²) in [6.45, 7) is -0.179. The summed E-state index contributed by atoms with van der Waals surface area (Å²) in [6, 6.07) is 4.64. The number of anilines is 2. The number of nitro groups is 2. The van der Waals surface area contributed by atoms with Gasteiger partial charge < -0.3 is 10.6 Å². The Labute approximate surface area is 159 Å². The van der Waals surface area contributed by atoms with Gasteiger partial charge in [-0.05, 0) is 24.3 Å². The number of benzene rings is 2. The van der Waals surface area contributed by atoms with Crippen molar-refractivity contribution in [2.24, 2.45) is 0 Å². The minimum Gasteiger partial charge on any atom is -0.379 e. The van der Waals surface area contributed by atoms with Crippen LogP contribution in [0.3, 0.4) is 0 Å². The van der Waals surface area contributed by atoms with E-state index in [1.54, 1.807) is 0 Å². The van der Waals surface area contributed by atoms with E-state index in [1.165, 1.54) is 0 Å². The molecule has 0 saturated carbocycles. The van der Waals surface area contributed by atoms with E-state index in [9.17, 15) is 42.6 Å². The maximum Gasteiger partial charge on any atom is 0.416 e. The lowest BCUT2D eigenvalue weighted by atomic mass is 10.1. The molecule has 0 unspecified atom stereocenters. The third-order valence-corrected chi connectivity index (χ3v) is 3.62. The van der Waals surface area contributed by atoms with Gasteiger partial charge in [0.25, 0.3) is 5.69 Å². The molecule has 0 atom stereocenters. The molecule has 9 nitrogen and oxygen atoms in total. The second kappa shape index (κ2) is 8.50. The predicted molar refractivity (Wildman–Crippen MR) is 92.9 cm³/mol. The van der Waals surface area contributed by atoms with Crippen molar-refractivity contribution in [3.05, 3.63) is 68.0 Å². The van der Waals surface area contributed by atoms with Gasteiger partial charge in [-0.3, -0.25) is 25.0 Å². The lowest BCUT2D eigenvalue weighted by Crippen LogP contribution is -2.17. The minimum absolute atomic E-state index is 0.0383. The van der Waals surface area contributed by atoms with E-state index in [0.717, 1.165) is 24.3 Å². The predicted octanol–water partition coefficient (Wildman–Crippen LogP) is 4.10. The number of hydrogen-bond acceptors (Lipinski definition) is 6. The summed E-state index contributed by atoms with van der Waals surface area (Å²) in [6.07, 6.45) is -5.02. The van der Waals surface area contributed by atoms with E-state index in [0.29, 0.717) is 12.1 Å². The zero-order valence-corrected chi connectivity index (χ0v) is 14.3. The zero-order chi connectivity index (χ0) is 21.8. The maximum absolute atomic E-state index is 13.3. The highest BCUT2D eigenvalue weighted by atomic mass is 19.4. The Kier molecular flexibility index (Phi) is 6.31. The molecule has 0 saturated heterocycles. The summed E-state index contributed by atoms with van der Waals surface area (Å²) in [5, 5.41) is 26.4. The topological polar surface area (TPSA) is 127 Å². The summed E-state index contributed by atoms with van der Waals surface area (Å²) < 4.78 is 51.3. The number of nitrogens with zero attached hydrogens (tertiary/aromatic N) is 2. The van der Waals surface area contributed by atoms with Crippen molar-refractivity contribution in [3.8, 4) is 0 Å². The Morgan fingerprint density at radius 2 is 1.66 bits per heavy atom. The third kappa shape index (κ3) is 5.60. The van der Waals surface area contributed by atoms with Gasteiger partial charge >= 0.3 is 11.9 Å². The molecule has 2 aromatic rings. The van der Waals surface area contributed by atoms with Gasteiger partial charge in [-0.1, -0.05) is 0 Å². The summed E-state index contributed by atoms with van der Waals surface area (Å²) in [5.41, 5.74) is -3.09.